The highest BCUT2D eigenvalue weighted by Crippen LogP contribution is 2.32. The Kier molecular flexibility index (Phi) is 5.26. The highest BCUT2D eigenvalue weighted by molar-refractivity contribution is 5.79. The van der Waals surface area contributed by atoms with Gasteiger partial charge in [-0.15, -0.1) is 0 Å². The number of fused-ring (bicyclic) bond motifs is 1. The maximum Gasteiger partial charge on any atom is 0.433 e. The summed E-state index contributed by atoms with van der Waals surface area (Å²) in [5, 5.41) is 4.22. The quantitative estimate of drug-likeness (QED) is 0.639. The van der Waals surface area contributed by atoms with Gasteiger partial charge in [-0.25, -0.2) is 9.50 Å². The van der Waals surface area contributed by atoms with E-state index in [0.717, 1.165) is 21.7 Å². The number of aromatic nitrogens is 3. The third-order valence-electron chi connectivity index (χ3n) is 5.57. The Morgan fingerprint density at radius 2 is 1.87 bits per heavy atom. The molecule has 4 rings (SSSR count). The van der Waals surface area contributed by atoms with E-state index in [1.54, 1.807) is 13.0 Å². The van der Waals surface area contributed by atoms with Gasteiger partial charge in [0.1, 0.15) is 5.69 Å². The molecular weight excluding hydrogens is 393 g/mol. The summed E-state index contributed by atoms with van der Waals surface area (Å²) < 4.78 is 41.0. The van der Waals surface area contributed by atoms with Crippen molar-refractivity contribution in [2.75, 3.05) is 13.1 Å². The number of piperidine rings is 1. The van der Waals surface area contributed by atoms with Crippen molar-refractivity contribution in [3.8, 4) is 0 Å². The number of hydrogen-bond acceptors (Lipinski definition) is 3. The van der Waals surface area contributed by atoms with Crippen LogP contribution in [0.5, 0.6) is 0 Å². The van der Waals surface area contributed by atoms with Crippen LogP contribution in [0.2, 0.25) is 0 Å². The molecule has 8 heteroatoms. The molecule has 1 amide bonds. The van der Waals surface area contributed by atoms with Crippen molar-refractivity contribution in [1.29, 1.82) is 0 Å². The second kappa shape index (κ2) is 7.74. The number of nitrogens with zero attached hydrogens (tertiary/aromatic N) is 4. The van der Waals surface area contributed by atoms with Crippen LogP contribution in [0, 0.1) is 13.8 Å². The van der Waals surface area contributed by atoms with E-state index in [9.17, 15) is 18.0 Å². The Morgan fingerprint density at radius 3 is 2.53 bits per heavy atom. The molecule has 0 bridgehead atoms. The predicted molar refractivity (Wildman–Crippen MR) is 106 cm³/mol. The van der Waals surface area contributed by atoms with Gasteiger partial charge in [-0.2, -0.15) is 18.3 Å². The Bertz CT molecular complexity index is 1080. The van der Waals surface area contributed by atoms with Crippen molar-refractivity contribution < 1.29 is 18.0 Å². The molecule has 0 atom stereocenters. The molecule has 30 heavy (non-hydrogen) atoms. The van der Waals surface area contributed by atoms with Crippen LogP contribution in [0.3, 0.4) is 0 Å². The molecule has 1 aliphatic heterocycles. The predicted octanol–water partition coefficient (Wildman–Crippen LogP) is 4.31. The summed E-state index contributed by atoms with van der Waals surface area (Å²) in [5.41, 5.74) is 2.40. The molecular formula is C22H23F3N4O. The lowest BCUT2D eigenvalue weighted by molar-refractivity contribution is -0.142. The highest BCUT2D eigenvalue weighted by Gasteiger charge is 2.35. The topological polar surface area (TPSA) is 50.5 Å². The lowest BCUT2D eigenvalue weighted by atomic mass is 9.93. The number of benzene rings is 1. The molecule has 158 valence electrons. The largest absolute Gasteiger partial charge is 0.433 e. The fourth-order valence-electron chi connectivity index (χ4n) is 4.05. The van der Waals surface area contributed by atoms with E-state index in [1.807, 2.05) is 36.1 Å². The molecule has 0 N–H and O–H groups in total. The van der Waals surface area contributed by atoms with Crippen LogP contribution in [0.15, 0.2) is 36.4 Å². The molecule has 1 fully saturated rings. The molecule has 3 heterocycles. The maximum absolute atomic E-state index is 13.4. The van der Waals surface area contributed by atoms with Crippen molar-refractivity contribution in [2.45, 2.75) is 45.2 Å². The number of aryl methyl sites for hydroxylation is 2. The van der Waals surface area contributed by atoms with Crippen LogP contribution < -0.4 is 0 Å². The smallest absolute Gasteiger partial charge is 0.342 e. The summed E-state index contributed by atoms with van der Waals surface area (Å²) in [7, 11) is 0. The van der Waals surface area contributed by atoms with Gasteiger partial charge < -0.3 is 4.90 Å². The first-order chi connectivity index (χ1) is 14.2. The van der Waals surface area contributed by atoms with E-state index in [1.165, 1.54) is 0 Å². The zero-order chi connectivity index (χ0) is 21.5. The van der Waals surface area contributed by atoms with Gasteiger partial charge in [-0.1, -0.05) is 29.8 Å². The Hall–Kier alpha value is -2.90. The highest BCUT2D eigenvalue weighted by atomic mass is 19.4. The summed E-state index contributed by atoms with van der Waals surface area (Å²) in [6, 6.07) is 10.5. The minimum atomic E-state index is -4.50. The maximum atomic E-state index is 13.4. The van der Waals surface area contributed by atoms with Crippen molar-refractivity contribution in [1.82, 2.24) is 19.5 Å². The molecule has 1 aliphatic rings. The van der Waals surface area contributed by atoms with Crippen molar-refractivity contribution in [2.24, 2.45) is 0 Å². The molecule has 5 nitrogen and oxygen atoms in total. The monoisotopic (exact) mass is 416 g/mol. The number of halogens is 3. The fourth-order valence-corrected chi connectivity index (χ4v) is 4.05. The van der Waals surface area contributed by atoms with Gasteiger partial charge >= 0.3 is 6.18 Å². The molecule has 1 aromatic carbocycles. The van der Waals surface area contributed by atoms with Crippen LogP contribution in [-0.2, 0) is 17.4 Å². The minimum Gasteiger partial charge on any atom is -0.342 e. The molecule has 0 unspecified atom stereocenters. The van der Waals surface area contributed by atoms with Gasteiger partial charge in [-0.3, -0.25) is 4.79 Å². The summed E-state index contributed by atoms with van der Waals surface area (Å²) in [6.45, 7) is 4.68. The standard InChI is InChI=1S/C22H23F3N4O/c1-14-4-3-5-16(10-14)12-21(30)28-8-6-17(7-9-28)18-13-20-26-15(2)11-19(22(23,24)25)29(20)27-18/h3-5,10-11,13,17H,6-9,12H2,1-2H3. The van der Waals surface area contributed by atoms with Crippen LogP contribution in [0.4, 0.5) is 13.2 Å². The summed E-state index contributed by atoms with van der Waals surface area (Å²) in [4.78, 5) is 18.7. The average molecular weight is 416 g/mol. The molecule has 0 saturated carbocycles. The molecule has 3 aromatic rings. The number of carbonyl (C=O) groups excluding carboxylic acids is 1. The van der Waals surface area contributed by atoms with Gasteiger partial charge in [0.05, 0.1) is 12.1 Å². The van der Waals surface area contributed by atoms with Gasteiger partial charge in [0.2, 0.25) is 5.91 Å². The third-order valence-corrected chi connectivity index (χ3v) is 5.57. The third kappa shape index (κ3) is 4.17. The van der Waals surface area contributed by atoms with E-state index in [2.05, 4.69) is 10.1 Å². The van der Waals surface area contributed by atoms with Gasteiger partial charge in [-0.05, 0) is 38.3 Å². The number of hydrogen-bond donors (Lipinski definition) is 0. The van der Waals surface area contributed by atoms with E-state index >= 15 is 0 Å². The second-order valence-electron chi connectivity index (χ2n) is 7.94. The van der Waals surface area contributed by atoms with Crippen molar-refractivity contribution in [3.05, 3.63) is 64.6 Å². The summed E-state index contributed by atoms with van der Waals surface area (Å²) in [6.07, 6.45) is -2.80. The molecule has 0 aliphatic carbocycles. The van der Waals surface area contributed by atoms with E-state index in [4.69, 9.17) is 0 Å². The Morgan fingerprint density at radius 1 is 1.13 bits per heavy atom. The fraction of sp³-hybridized carbons (Fsp3) is 0.409. The van der Waals surface area contributed by atoms with Crippen LogP contribution in [0.1, 0.15) is 47.0 Å². The van der Waals surface area contributed by atoms with E-state index < -0.39 is 11.9 Å². The zero-order valence-electron chi connectivity index (χ0n) is 16.9. The van der Waals surface area contributed by atoms with Crippen LogP contribution in [0.25, 0.3) is 5.65 Å². The van der Waals surface area contributed by atoms with E-state index in [0.29, 0.717) is 43.7 Å². The molecule has 2 aromatic heterocycles. The molecule has 0 radical (unpaired) electrons. The van der Waals surface area contributed by atoms with E-state index in [-0.39, 0.29) is 17.5 Å². The SMILES string of the molecule is Cc1cccc(CC(=O)N2CCC(c3cc4nc(C)cc(C(F)(F)F)n4n3)CC2)c1. The molecule has 1 saturated heterocycles. The minimum absolute atomic E-state index is 0.0103. The number of rotatable bonds is 3. The zero-order valence-corrected chi connectivity index (χ0v) is 16.9. The first kappa shape index (κ1) is 20.4. The average Bonchev–Trinajstić information content (AvgIpc) is 3.10. The lowest BCUT2D eigenvalue weighted by Gasteiger charge is -2.31. The van der Waals surface area contributed by atoms with Gasteiger partial charge in [0.15, 0.2) is 5.65 Å². The Labute approximate surface area is 172 Å². The normalized spacial score (nSPS) is 15.7. The Balaban J connectivity index is 1.46. The number of alkyl halides is 3. The van der Waals surface area contributed by atoms with Gasteiger partial charge in [0.25, 0.3) is 0 Å². The lowest BCUT2D eigenvalue weighted by Crippen LogP contribution is -2.38. The summed E-state index contributed by atoms with van der Waals surface area (Å²) in [5.74, 6) is 0.0850. The van der Waals surface area contributed by atoms with Crippen molar-refractivity contribution in [3.63, 3.8) is 0 Å². The number of carbonyl (C=O) groups is 1. The molecule has 0 spiro atoms. The van der Waals surface area contributed by atoms with Crippen molar-refractivity contribution >= 4 is 11.6 Å². The number of likely N-dealkylation sites (tertiary alicyclic amines) is 1. The summed E-state index contributed by atoms with van der Waals surface area (Å²) >= 11 is 0. The number of amides is 1. The van der Waals surface area contributed by atoms with Crippen LogP contribution in [-0.4, -0.2) is 38.5 Å². The first-order valence-electron chi connectivity index (χ1n) is 9.98. The van der Waals surface area contributed by atoms with Gasteiger partial charge in [0, 0.05) is 30.8 Å². The second-order valence-corrected chi connectivity index (χ2v) is 7.94. The first-order valence-corrected chi connectivity index (χ1v) is 9.98. The van der Waals surface area contributed by atoms with Crippen LogP contribution >= 0.6 is 0 Å².